The molecule has 6 nitrogen and oxygen atoms in total. The van der Waals surface area contributed by atoms with Crippen molar-refractivity contribution in [2.45, 2.75) is 31.7 Å². The number of hydrogen-bond acceptors (Lipinski definition) is 4. The number of carboxylic acids is 1. The van der Waals surface area contributed by atoms with Crippen LogP contribution in [0, 0.1) is 5.92 Å². The van der Waals surface area contributed by atoms with Crippen molar-refractivity contribution in [2.24, 2.45) is 5.92 Å². The Labute approximate surface area is 135 Å². The van der Waals surface area contributed by atoms with Gasteiger partial charge in [-0.25, -0.2) is 4.79 Å². The predicted molar refractivity (Wildman–Crippen MR) is 82.7 cm³/mol. The SMILES string of the molecule is COc1ccc2c(c1)OC[C@@H](C(=O)N1CCCC[C@@H]1C(=O)O)C2. The number of likely N-dealkylation sites (tertiary alicyclic amines) is 1. The minimum Gasteiger partial charge on any atom is -0.497 e. The second-order valence-electron chi connectivity index (χ2n) is 6.07. The van der Waals surface area contributed by atoms with Crippen LogP contribution in [0.5, 0.6) is 11.5 Å². The van der Waals surface area contributed by atoms with E-state index in [1.807, 2.05) is 18.2 Å². The number of aliphatic carboxylic acids is 1. The molecular weight excluding hydrogens is 298 g/mol. The van der Waals surface area contributed by atoms with Gasteiger partial charge in [-0.3, -0.25) is 4.79 Å². The van der Waals surface area contributed by atoms with E-state index in [4.69, 9.17) is 9.47 Å². The van der Waals surface area contributed by atoms with Crippen LogP contribution in [-0.4, -0.2) is 48.2 Å². The highest BCUT2D eigenvalue weighted by Gasteiger charge is 2.37. The third-order valence-electron chi connectivity index (χ3n) is 4.60. The van der Waals surface area contributed by atoms with Gasteiger partial charge in [0.15, 0.2) is 0 Å². The van der Waals surface area contributed by atoms with Crippen molar-refractivity contribution in [3.63, 3.8) is 0 Å². The van der Waals surface area contributed by atoms with Gasteiger partial charge in [0.1, 0.15) is 24.1 Å². The molecule has 1 aromatic carbocycles. The summed E-state index contributed by atoms with van der Waals surface area (Å²) in [5.41, 5.74) is 0.958. The van der Waals surface area contributed by atoms with Gasteiger partial charge in [-0.15, -0.1) is 0 Å². The fourth-order valence-electron chi connectivity index (χ4n) is 3.32. The van der Waals surface area contributed by atoms with Crippen molar-refractivity contribution in [3.05, 3.63) is 23.8 Å². The number of amides is 1. The minimum atomic E-state index is -0.917. The number of hydrogen-bond donors (Lipinski definition) is 1. The van der Waals surface area contributed by atoms with E-state index in [-0.39, 0.29) is 18.4 Å². The van der Waals surface area contributed by atoms with Crippen LogP contribution >= 0.6 is 0 Å². The summed E-state index contributed by atoms with van der Waals surface area (Å²) in [6, 6.07) is 4.86. The maximum absolute atomic E-state index is 12.8. The summed E-state index contributed by atoms with van der Waals surface area (Å²) >= 11 is 0. The van der Waals surface area contributed by atoms with Gasteiger partial charge in [-0.1, -0.05) is 6.07 Å². The van der Waals surface area contributed by atoms with Crippen molar-refractivity contribution in [1.29, 1.82) is 0 Å². The lowest BCUT2D eigenvalue weighted by Gasteiger charge is -2.36. The van der Waals surface area contributed by atoms with E-state index >= 15 is 0 Å². The molecule has 1 aromatic rings. The number of carbonyl (C=O) groups is 2. The molecule has 0 unspecified atom stereocenters. The number of methoxy groups -OCH3 is 1. The number of fused-ring (bicyclic) bond motifs is 1. The van der Waals surface area contributed by atoms with E-state index in [0.29, 0.717) is 19.4 Å². The molecule has 2 aliphatic heterocycles. The number of carboxylic acid groups (broad SMARTS) is 1. The van der Waals surface area contributed by atoms with E-state index in [1.165, 1.54) is 4.90 Å². The number of rotatable bonds is 3. The second-order valence-corrected chi connectivity index (χ2v) is 6.07. The maximum atomic E-state index is 12.8. The first-order valence-corrected chi connectivity index (χ1v) is 7.93. The summed E-state index contributed by atoms with van der Waals surface area (Å²) in [6.45, 7) is 0.795. The standard InChI is InChI=1S/C17H21NO5/c1-22-13-6-5-11-8-12(10-23-15(11)9-13)16(19)18-7-3-2-4-14(18)17(20)21/h5-6,9,12,14H,2-4,7-8,10H2,1H3,(H,20,21)/t12-,14+/m0/s1. The molecule has 1 amide bonds. The Morgan fingerprint density at radius 3 is 2.91 bits per heavy atom. The van der Waals surface area contributed by atoms with Gasteiger partial charge >= 0.3 is 5.97 Å². The largest absolute Gasteiger partial charge is 0.497 e. The molecule has 0 bridgehead atoms. The Bertz CT molecular complexity index is 615. The summed E-state index contributed by atoms with van der Waals surface area (Å²) in [7, 11) is 1.60. The summed E-state index contributed by atoms with van der Waals surface area (Å²) in [5, 5.41) is 9.33. The van der Waals surface area contributed by atoms with Crippen molar-refractivity contribution in [2.75, 3.05) is 20.3 Å². The van der Waals surface area contributed by atoms with Crippen molar-refractivity contribution in [3.8, 4) is 11.5 Å². The van der Waals surface area contributed by atoms with Crippen LogP contribution in [0.3, 0.4) is 0 Å². The Balaban J connectivity index is 1.74. The maximum Gasteiger partial charge on any atom is 0.326 e. The van der Waals surface area contributed by atoms with Crippen LogP contribution in [0.25, 0.3) is 0 Å². The molecule has 0 aromatic heterocycles. The van der Waals surface area contributed by atoms with Gasteiger partial charge in [0.25, 0.3) is 0 Å². The smallest absolute Gasteiger partial charge is 0.326 e. The Morgan fingerprint density at radius 2 is 2.17 bits per heavy atom. The molecule has 2 aliphatic rings. The molecule has 2 atom stereocenters. The fraction of sp³-hybridized carbons (Fsp3) is 0.529. The number of piperidine rings is 1. The van der Waals surface area contributed by atoms with E-state index in [0.717, 1.165) is 29.9 Å². The molecule has 6 heteroatoms. The molecule has 124 valence electrons. The van der Waals surface area contributed by atoms with Gasteiger partial charge < -0.3 is 19.5 Å². The molecular formula is C17H21NO5. The third-order valence-corrected chi connectivity index (χ3v) is 4.60. The minimum absolute atomic E-state index is 0.112. The van der Waals surface area contributed by atoms with E-state index in [9.17, 15) is 14.7 Å². The molecule has 23 heavy (non-hydrogen) atoms. The van der Waals surface area contributed by atoms with Gasteiger partial charge in [-0.05, 0) is 37.3 Å². The quantitative estimate of drug-likeness (QED) is 0.918. The lowest BCUT2D eigenvalue weighted by Crippen LogP contribution is -2.51. The first-order valence-electron chi connectivity index (χ1n) is 7.93. The molecule has 0 saturated carbocycles. The summed E-state index contributed by atoms with van der Waals surface area (Å²) in [5.74, 6) is 0.103. The molecule has 0 spiro atoms. The molecule has 1 N–H and O–H groups in total. The van der Waals surface area contributed by atoms with Gasteiger partial charge in [-0.2, -0.15) is 0 Å². The van der Waals surface area contributed by atoms with Crippen molar-refractivity contribution < 1.29 is 24.2 Å². The van der Waals surface area contributed by atoms with Gasteiger partial charge in [0.05, 0.1) is 13.0 Å². The molecule has 0 aliphatic carbocycles. The average Bonchev–Trinajstić information content (AvgIpc) is 2.60. The molecule has 2 heterocycles. The zero-order valence-electron chi connectivity index (χ0n) is 13.2. The summed E-state index contributed by atoms with van der Waals surface area (Å²) < 4.78 is 10.9. The molecule has 0 radical (unpaired) electrons. The van der Waals surface area contributed by atoms with Gasteiger partial charge in [0.2, 0.25) is 5.91 Å². The van der Waals surface area contributed by atoms with Crippen LogP contribution in [0.2, 0.25) is 0 Å². The van der Waals surface area contributed by atoms with Crippen molar-refractivity contribution >= 4 is 11.9 Å². The number of benzene rings is 1. The van der Waals surface area contributed by atoms with Gasteiger partial charge in [0, 0.05) is 12.6 Å². The van der Waals surface area contributed by atoms with Crippen LogP contribution < -0.4 is 9.47 Å². The number of ether oxygens (including phenoxy) is 2. The Morgan fingerprint density at radius 1 is 1.35 bits per heavy atom. The van der Waals surface area contributed by atoms with Crippen LogP contribution in [0.1, 0.15) is 24.8 Å². The Kier molecular flexibility index (Phi) is 4.41. The molecule has 3 rings (SSSR count). The first kappa shape index (κ1) is 15.6. The fourth-order valence-corrected chi connectivity index (χ4v) is 3.32. The lowest BCUT2D eigenvalue weighted by atomic mass is 9.93. The monoisotopic (exact) mass is 319 g/mol. The highest BCUT2D eigenvalue weighted by atomic mass is 16.5. The average molecular weight is 319 g/mol. The summed E-state index contributed by atoms with van der Waals surface area (Å²) in [4.78, 5) is 25.7. The van der Waals surface area contributed by atoms with Crippen LogP contribution in [-0.2, 0) is 16.0 Å². The molecule has 1 fully saturated rings. The lowest BCUT2D eigenvalue weighted by molar-refractivity contribution is -0.154. The molecule has 1 saturated heterocycles. The number of carbonyl (C=O) groups excluding carboxylic acids is 1. The highest BCUT2D eigenvalue weighted by Crippen LogP contribution is 2.32. The number of nitrogens with zero attached hydrogens (tertiary/aromatic N) is 1. The zero-order valence-corrected chi connectivity index (χ0v) is 13.2. The van der Waals surface area contributed by atoms with Crippen molar-refractivity contribution in [1.82, 2.24) is 4.90 Å². The van der Waals surface area contributed by atoms with E-state index in [2.05, 4.69) is 0 Å². The topological polar surface area (TPSA) is 76.1 Å². The normalized spacial score (nSPS) is 23.6. The van der Waals surface area contributed by atoms with E-state index < -0.39 is 12.0 Å². The summed E-state index contributed by atoms with van der Waals surface area (Å²) in [6.07, 6.45) is 2.81. The Hall–Kier alpha value is -2.24. The third kappa shape index (κ3) is 3.11. The van der Waals surface area contributed by atoms with E-state index in [1.54, 1.807) is 7.11 Å². The predicted octanol–water partition coefficient (Wildman–Crippen LogP) is 1.71. The first-order chi connectivity index (χ1) is 11.1. The van der Waals surface area contributed by atoms with Crippen LogP contribution in [0.4, 0.5) is 0 Å². The van der Waals surface area contributed by atoms with Crippen LogP contribution in [0.15, 0.2) is 18.2 Å². The highest BCUT2D eigenvalue weighted by molar-refractivity contribution is 5.85. The zero-order chi connectivity index (χ0) is 16.4. The second kappa shape index (κ2) is 6.48.